The topological polar surface area (TPSA) is 46.9 Å². The Labute approximate surface area is 147 Å². The van der Waals surface area contributed by atoms with Crippen LogP contribution in [0.4, 0.5) is 8.78 Å². The number of hydrogen-bond donors (Lipinski definition) is 1. The minimum Gasteiger partial charge on any atom is -0.346 e. The van der Waals surface area contributed by atoms with Crippen LogP contribution in [0.25, 0.3) is 5.69 Å². The molecule has 0 radical (unpaired) electrons. The first-order valence-electron chi connectivity index (χ1n) is 8.00. The van der Waals surface area contributed by atoms with E-state index in [1.54, 1.807) is 16.0 Å². The second-order valence-electron chi connectivity index (χ2n) is 5.90. The van der Waals surface area contributed by atoms with E-state index in [0.29, 0.717) is 17.9 Å². The maximum absolute atomic E-state index is 13.6. The lowest BCUT2D eigenvalue weighted by Crippen LogP contribution is -2.24. The van der Waals surface area contributed by atoms with Crippen molar-refractivity contribution in [1.82, 2.24) is 15.1 Å². The van der Waals surface area contributed by atoms with Crippen LogP contribution < -0.4 is 5.32 Å². The van der Waals surface area contributed by atoms with Crippen molar-refractivity contribution < 1.29 is 13.6 Å². The van der Waals surface area contributed by atoms with Crippen molar-refractivity contribution in [1.29, 1.82) is 0 Å². The molecule has 1 aliphatic carbocycles. The van der Waals surface area contributed by atoms with Crippen LogP contribution in [0, 0.1) is 11.6 Å². The first kappa shape index (κ1) is 16.0. The van der Waals surface area contributed by atoms with Gasteiger partial charge in [0.15, 0.2) is 17.3 Å². The number of benzene rings is 1. The third-order valence-corrected chi connectivity index (χ3v) is 5.17. The van der Waals surface area contributed by atoms with Gasteiger partial charge in [-0.25, -0.2) is 13.5 Å². The number of carbonyl (C=O) groups is 1. The molecular formula is C18H15F2N3OS. The standard InChI is InChI=1S/C18H15F2N3OS/c19-14-7-6-11(9-15(14)20)23-16-5-1-4-13(16)17(22-23)18(24)21-10-12-3-2-8-25-12/h2-3,6-9H,1,4-5,10H2,(H,21,24). The fourth-order valence-electron chi connectivity index (χ4n) is 3.11. The minimum atomic E-state index is -0.927. The second-order valence-corrected chi connectivity index (χ2v) is 6.93. The highest BCUT2D eigenvalue weighted by atomic mass is 32.1. The summed E-state index contributed by atoms with van der Waals surface area (Å²) in [5.41, 5.74) is 2.59. The van der Waals surface area contributed by atoms with Gasteiger partial charge in [0.1, 0.15) is 0 Å². The number of amides is 1. The third-order valence-electron chi connectivity index (χ3n) is 4.30. The normalized spacial score (nSPS) is 13.0. The molecule has 0 unspecified atom stereocenters. The summed E-state index contributed by atoms with van der Waals surface area (Å²) in [7, 11) is 0. The molecule has 0 aliphatic heterocycles. The summed E-state index contributed by atoms with van der Waals surface area (Å²) in [6.07, 6.45) is 2.45. The van der Waals surface area contributed by atoms with Crippen LogP contribution >= 0.6 is 11.3 Å². The molecule has 2 aromatic heterocycles. The van der Waals surface area contributed by atoms with Crippen LogP contribution in [0.3, 0.4) is 0 Å². The van der Waals surface area contributed by atoms with Gasteiger partial charge in [-0.2, -0.15) is 5.10 Å². The van der Waals surface area contributed by atoms with Crippen LogP contribution in [0.2, 0.25) is 0 Å². The second kappa shape index (κ2) is 6.40. The van der Waals surface area contributed by atoms with E-state index < -0.39 is 11.6 Å². The minimum absolute atomic E-state index is 0.243. The average Bonchev–Trinajstić information content (AvgIpc) is 3.32. The predicted molar refractivity (Wildman–Crippen MR) is 91.0 cm³/mol. The Bertz CT molecular complexity index is 934. The average molecular weight is 359 g/mol. The molecule has 7 heteroatoms. The summed E-state index contributed by atoms with van der Waals surface area (Å²) in [5, 5.41) is 9.22. The molecule has 1 amide bonds. The number of nitrogens with one attached hydrogen (secondary N) is 1. The zero-order valence-electron chi connectivity index (χ0n) is 13.3. The molecule has 1 aromatic carbocycles. The monoisotopic (exact) mass is 359 g/mol. The maximum Gasteiger partial charge on any atom is 0.272 e. The Balaban J connectivity index is 1.65. The molecule has 4 nitrogen and oxygen atoms in total. The smallest absolute Gasteiger partial charge is 0.272 e. The van der Waals surface area contributed by atoms with E-state index in [-0.39, 0.29) is 5.91 Å². The molecule has 0 fully saturated rings. The number of carbonyl (C=O) groups excluding carboxylic acids is 1. The fraction of sp³-hybridized carbons (Fsp3) is 0.222. The van der Waals surface area contributed by atoms with Gasteiger partial charge in [0, 0.05) is 22.2 Å². The molecule has 0 atom stereocenters. The van der Waals surface area contributed by atoms with Crippen molar-refractivity contribution in [2.24, 2.45) is 0 Å². The highest BCUT2D eigenvalue weighted by Gasteiger charge is 2.27. The van der Waals surface area contributed by atoms with Crippen LogP contribution in [0.5, 0.6) is 0 Å². The lowest BCUT2D eigenvalue weighted by atomic mass is 10.2. The van der Waals surface area contributed by atoms with E-state index in [1.165, 1.54) is 6.07 Å². The molecular weight excluding hydrogens is 344 g/mol. The van der Waals surface area contributed by atoms with Gasteiger partial charge in [-0.05, 0) is 42.8 Å². The molecule has 1 aliphatic rings. The van der Waals surface area contributed by atoms with Crippen LogP contribution in [-0.2, 0) is 19.4 Å². The van der Waals surface area contributed by atoms with Gasteiger partial charge in [-0.3, -0.25) is 4.79 Å². The number of halogens is 2. The summed E-state index contributed by atoms with van der Waals surface area (Å²) in [4.78, 5) is 13.6. The van der Waals surface area contributed by atoms with E-state index in [2.05, 4.69) is 10.4 Å². The zero-order valence-corrected chi connectivity index (χ0v) is 14.1. The van der Waals surface area contributed by atoms with E-state index in [4.69, 9.17) is 0 Å². The van der Waals surface area contributed by atoms with Gasteiger partial charge in [0.2, 0.25) is 0 Å². The Morgan fingerprint density at radius 2 is 2.12 bits per heavy atom. The van der Waals surface area contributed by atoms with Crippen LogP contribution in [-0.4, -0.2) is 15.7 Å². The van der Waals surface area contributed by atoms with Crippen molar-refractivity contribution in [3.63, 3.8) is 0 Å². The quantitative estimate of drug-likeness (QED) is 0.773. The molecule has 1 N–H and O–H groups in total. The first-order valence-corrected chi connectivity index (χ1v) is 8.88. The van der Waals surface area contributed by atoms with Crippen molar-refractivity contribution >= 4 is 17.2 Å². The van der Waals surface area contributed by atoms with Crippen molar-refractivity contribution in [3.05, 3.63) is 69.2 Å². The molecule has 4 rings (SSSR count). The van der Waals surface area contributed by atoms with E-state index in [1.807, 2.05) is 17.5 Å². The Morgan fingerprint density at radius 3 is 2.88 bits per heavy atom. The van der Waals surface area contributed by atoms with Crippen LogP contribution in [0.15, 0.2) is 35.7 Å². The lowest BCUT2D eigenvalue weighted by Gasteiger charge is -2.06. The van der Waals surface area contributed by atoms with Gasteiger partial charge >= 0.3 is 0 Å². The number of fused-ring (bicyclic) bond motifs is 1. The summed E-state index contributed by atoms with van der Waals surface area (Å²) >= 11 is 1.57. The van der Waals surface area contributed by atoms with E-state index in [0.717, 1.165) is 47.5 Å². The number of aromatic nitrogens is 2. The summed E-state index contributed by atoms with van der Waals surface area (Å²) < 4.78 is 28.3. The summed E-state index contributed by atoms with van der Waals surface area (Å²) in [6.45, 7) is 0.448. The van der Waals surface area contributed by atoms with Gasteiger partial charge < -0.3 is 5.32 Å². The maximum atomic E-state index is 13.6. The highest BCUT2D eigenvalue weighted by molar-refractivity contribution is 7.09. The van der Waals surface area contributed by atoms with Crippen LogP contribution in [0.1, 0.15) is 33.0 Å². The fourth-order valence-corrected chi connectivity index (χ4v) is 3.76. The number of nitrogens with zero attached hydrogens (tertiary/aromatic N) is 2. The van der Waals surface area contributed by atoms with Gasteiger partial charge in [0.05, 0.1) is 12.2 Å². The number of thiophene rings is 1. The SMILES string of the molecule is O=C(NCc1cccs1)c1nn(-c2ccc(F)c(F)c2)c2c1CCC2. The lowest BCUT2D eigenvalue weighted by molar-refractivity contribution is 0.0945. The number of rotatable bonds is 4. The van der Waals surface area contributed by atoms with Gasteiger partial charge in [-0.1, -0.05) is 6.07 Å². The predicted octanol–water partition coefficient (Wildman–Crippen LogP) is 3.63. The van der Waals surface area contributed by atoms with E-state index in [9.17, 15) is 13.6 Å². The summed E-state index contributed by atoms with van der Waals surface area (Å²) in [5.74, 6) is -2.07. The molecule has 0 spiro atoms. The molecule has 128 valence electrons. The van der Waals surface area contributed by atoms with Crippen molar-refractivity contribution in [2.45, 2.75) is 25.8 Å². The Hall–Kier alpha value is -2.54. The Kier molecular flexibility index (Phi) is 4.09. The molecule has 0 saturated heterocycles. The molecule has 3 aromatic rings. The van der Waals surface area contributed by atoms with Crippen molar-refractivity contribution in [3.8, 4) is 5.69 Å². The molecule has 0 saturated carbocycles. The Morgan fingerprint density at radius 1 is 1.24 bits per heavy atom. The van der Waals surface area contributed by atoms with Gasteiger partial charge in [0.25, 0.3) is 5.91 Å². The highest BCUT2D eigenvalue weighted by Crippen LogP contribution is 2.28. The largest absolute Gasteiger partial charge is 0.346 e. The summed E-state index contributed by atoms with van der Waals surface area (Å²) in [6, 6.07) is 7.53. The molecule has 25 heavy (non-hydrogen) atoms. The van der Waals surface area contributed by atoms with E-state index >= 15 is 0 Å². The van der Waals surface area contributed by atoms with Gasteiger partial charge in [-0.15, -0.1) is 11.3 Å². The number of hydrogen-bond acceptors (Lipinski definition) is 3. The first-order chi connectivity index (χ1) is 12.1. The third kappa shape index (κ3) is 2.95. The molecule has 0 bridgehead atoms. The van der Waals surface area contributed by atoms with Crippen molar-refractivity contribution in [2.75, 3.05) is 0 Å². The zero-order chi connectivity index (χ0) is 17.4. The molecule has 2 heterocycles.